The van der Waals surface area contributed by atoms with Crippen molar-refractivity contribution in [2.45, 2.75) is 45.7 Å². The number of carbonyl (C=O) groups is 1. The molecule has 2 heterocycles. The molecule has 0 saturated heterocycles. The lowest BCUT2D eigenvalue weighted by Crippen LogP contribution is -2.16. The van der Waals surface area contributed by atoms with Gasteiger partial charge in [-0.15, -0.1) is 0 Å². The fraction of sp³-hybridized carbons (Fsp3) is 0.364. The first-order valence-electron chi connectivity index (χ1n) is 9.89. The smallest absolute Gasteiger partial charge is 0.417 e. The Labute approximate surface area is 172 Å². The number of alkyl halides is 3. The summed E-state index contributed by atoms with van der Waals surface area (Å²) in [5.41, 5.74) is 0.352. The van der Waals surface area contributed by atoms with Crippen LogP contribution < -0.4 is 10.1 Å². The molecule has 0 unspecified atom stereocenters. The van der Waals surface area contributed by atoms with Crippen molar-refractivity contribution in [2.75, 3.05) is 11.9 Å². The molecule has 1 N–H and O–H groups in total. The summed E-state index contributed by atoms with van der Waals surface area (Å²) < 4.78 is 46.0. The molecule has 0 aliphatic carbocycles. The third-order valence-corrected chi connectivity index (χ3v) is 4.71. The summed E-state index contributed by atoms with van der Waals surface area (Å²) in [6, 6.07) is 9.08. The number of pyridine rings is 1. The van der Waals surface area contributed by atoms with Crippen molar-refractivity contribution < 1.29 is 22.7 Å². The van der Waals surface area contributed by atoms with E-state index < -0.39 is 17.6 Å². The number of nitrogens with zero attached hydrogens (tertiary/aromatic N) is 2. The first-order valence-corrected chi connectivity index (χ1v) is 9.89. The van der Waals surface area contributed by atoms with Gasteiger partial charge in [0.15, 0.2) is 0 Å². The van der Waals surface area contributed by atoms with Gasteiger partial charge in [-0.1, -0.05) is 26.2 Å². The van der Waals surface area contributed by atoms with E-state index in [4.69, 9.17) is 4.74 Å². The predicted octanol–water partition coefficient (Wildman–Crippen LogP) is 5.87. The van der Waals surface area contributed by atoms with E-state index in [1.807, 2.05) is 0 Å². The van der Waals surface area contributed by atoms with Crippen molar-refractivity contribution >= 4 is 17.2 Å². The maximum absolute atomic E-state index is 13.0. The lowest BCUT2D eigenvalue weighted by atomic mass is 10.2. The van der Waals surface area contributed by atoms with Crippen molar-refractivity contribution in [3.05, 3.63) is 59.5 Å². The first-order chi connectivity index (χ1) is 14.3. The van der Waals surface area contributed by atoms with Crippen molar-refractivity contribution in [1.29, 1.82) is 0 Å². The summed E-state index contributed by atoms with van der Waals surface area (Å²) in [7, 11) is 0. The number of anilines is 1. The summed E-state index contributed by atoms with van der Waals surface area (Å²) in [6.07, 6.45) is 0.838. The van der Waals surface area contributed by atoms with E-state index in [2.05, 4.69) is 17.2 Å². The summed E-state index contributed by atoms with van der Waals surface area (Å²) in [5.74, 6) is 0.165. The molecule has 160 valence electrons. The number of fused-ring (bicyclic) bond motifs is 1. The number of aromatic nitrogens is 2. The van der Waals surface area contributed by atoms with E-state index in [9.17, 15) is 18.0 Å². The van der Waals surface area contributed by atoms with Crippen LogP contribution in [0.3, 0.4) is 0 Å². The molecule has 0 atom stereocenters. The Hall–Kier alpha value is -3.03. The molecule has 0 bridgehead atoms. The normalized spacial score (nSPS) is 11.6. The van der Waals surface area contributed by atoms with Gasteiger partial charge in [0.2, 0.25) is 0 Å². The lowest BCUT2D eigenvalue weighted by molar-refractivity contribution is -0.137. The highest BCUT2D eigenvalue weighted by atomic mass is 19.4. The molecule has 0 aliphatic rings. The van der Waals surface area contributed by atoms with Crippen LogP contribution in [0.4, 0.5) is 18.9 Å². The maximum Gasteiger partial charge on any atom is 0.417 e. The zero-order chi connectivity index (χ0) is 21.7. The van der Waals surface area contributed by atoms with Crippen LogP contribution in [0.2, 0.25) is 0 Å². The molecule has 3 rings (SSSR count). The van der Waals surface area contributed by atoms with Crippen LogP contribution in [0.25, 0.3) is 5.65 Å². The number of halogens is 3. The number of hydrogen-bond donors (Lipinski definition) is 1. The minimum atomic E-state index is -4.51. The highest BCUT2D eigenvalue weighted by molar-refractivity contribution is 6.04. The second-order valence-electron chi connectivity index (χ2n) is 7.08. The molecule has 30 heavy (non-hydrogen) atoms. The SMILES string of the molecule is CCCCCCOc1ccc(NC(=O)c2c(C)nc3ccc(C(F)(F)F)cn23)cc1. The standard InChI is InChI=1S/C22H24F3N3O2/c1-3-4-5-6-13-30-18-10-8-17(9-11-18)27-21(29)20-15(2)26-19-12-7-16(14-28(19)20)22(23,24)25/h7-12,14H,3-6,13H2,1-2H3,(H,27,29). The highest BCUT2D eigenvalue weighted by Crippen LogP contribution is 2.30. The number of hydrogen-bond acceptors (Lipinski definition) is 3. The maximum atomic E-state index is 13.0. The molecular formula is C22H24F3N3O2. The van der Waals surface area contributed by atoms with Crippen molar-refractivity contribution in [1.82, 2.24) is 9.38 Å². The Balaban J connectivity index is 1.71. The summed E-state index contributed by atoms with van der Waals surface area (Å²) in [5, 5.41) is 2.71. The molecule has 0 spiro atoms. The minimum Gasteiger partial charge on any atom is -0.494 e. The van der Waals surface area contributed by atoms with Gasteiger partial charge in [-0.2, -0.15) is 13.2 Å². The number of aryl methyl sites for hydroxylation is 1. The number of amides is 1. The Morgan fingerprint density at radius 1 is 1.10 bits per heavy atom. The summed E-state index contributed by atoms with van der Waals surface area (Å²) >= 11 is 0. The zero-order valence-electron chi connectivity index (χ0n) is 16.9. The molecule has 3 aromatic rings. The average Bonchev–Trinajstić information content (AvgIpc) is 3.03. The highest BCUT2D eigenvalue weighted by Gasteiger charge is 2.31. The van der Waals surface area contributed by atoms with Crippen LogP contribution in [-0.2, 0) is 6.18 Å². The summed E-state index contributed by atoms with van der Waals surface area (Å²) in [4.78, 5) is 16.9. The zero-order valence-corrected chi connectivity index (χ0v) is 16.9. The van der Waals surface area contributed by atoms with E-state index >= 15 is 0 Å². The first kappa shape index (κ1) is 21.7. The van der Waals surface area contributed by atoms with E-state index in [-0.39, 0.29) is 11.3 Å². The second-order valence-corrected chi connectivity index (χ2v) is 7.08. The van der Waals surface area contributed by atoms with Crippen LogP contribution in [0, 0.1) is 6.92 Å². The van der Waals surface area contributed by atoms with Gasteiger partial charge in [0.25, 0.3) is 5.91 Å². The van der Waals surface area contributed by atoms with E-state index in [1.165, 1.54) is 16.9 Å². The van der Waals surface area contributed by atoms with Gasteiger partial charge in [-0.05, 0) is 49.7 Å². The molecule has 0 aliphatic heterocycles. The van der Waals surface area contributed by atoms with E-state index in [0.29, 0.717) is 23.7 Å². The topological polar surface area (TPSA) is 55.6 Å². The van der Waals surface area contributed by atoms with Crippen LogP contribution in [-0.4, -0.2) is 21.9 Å². The Bertz CT molecular complexity index is 1010. The third-order valence-electron chi connectivity index (χ3n) is 4.71. The Morgan fingerprint density at radius 2 is 1.83 bits per heavy atom. The molecule has 1 amide bonds. The average molecular weight is 419 g/mol. The van der Waals surface area contributed by atoms with Gasteiger partial charge < -0.3 is 10.1 Å². The quantitative estimate of drug-likeness (QED) is 0.465. The number of rotatable bonds is 8. The number of carbonyl (C=O) groups excluding carboxylic acids is 1. The van der Waals surface area contributed by atoms with Gasteiger partial charge >= 0.3 is 6.18 Å². The van der Waals surface area contributed by atoms with Crippen LogP contribution in [0.1, 0.15) is 54.4 Å². The molecule has 8 heteroatoms. The number of benzene rings is 1. The fourth-order valence-electron chi connectivity index (χ4n) is 3.15. The Kier molecular flexibility index (Phi) is 6.64. The molecular weight excluding hydrogens is 395 g/mol. The molecule has 2 aromatic heterocycles. The molecule has 1 aromatic carbocycles. The van der Waals surface area contributed by atoms with Crippen LogP contribution in [0.15, 0.2) is 42.6 Å². The van der Waals surface area contributed by atoms with Crippen LogP contribution in [0.5, 0.6) is 5.75 Å². The van der Waals surface area contributed by atoms with Crippen molar-refractivity contribution in [2.24, 2.45) is 0 Å². The van der Waals surface area contributed by atoms with Crippen molar-refractivity contribution in [3.8, 4) is 5.75 Å². The van der Waals surface area contributed by atoms with Gasteiger partial charge in [0, 0.05) is 11.9 Å². The van der Waals surface area contributed by atoms with Gasteiger partial charge in [-0.3, -0.25) is 9.20 Å². The molecule has 5 nitrogen and oxygen atoms in total. The van der Waals surface area contributed by atoms with Crippen LogP contribution >= 0.6 is 0 Å². The molecule has 0 saturated carbocycles. The predicted molar refractivity (Wildman–Crippen MR) is 109 cm³/mol. The monoisotopic (exact) mass is 419 g/mol. The van der Waals surface area contributed by atoms with E-state index in [0.717, 1.165) is 31.5 Å². The molecule has 0 radical (unpaired) electrons. The van der Waals surface area contributed by atoms with E-state index in [1.54, 1.807) is 31.2 Å². The van der Waals surface area contributed by atoms with Gasteiger partial charge in [0.05, 0.1) is 17.9 Å². The number of ether oxygens (including phenoxy) is 1. The largest absolute Gasteiger partial charge is 0.494 e. The fourth-order valence-corrected chi connectivity index (χ4v) is 3.15. The number of imidazole rings is 1. The van der Waals surface area contributed by atoms with Gasteiger partial charge in [-0.25, -0.2) is 4.98 Å². The number of unbranched alkanes of at least 4 members (excludes halogenated alkanes) is 3. The second kappa shape index (κ2) is 9.19. The molecule has 0 fully saturated rings. The minimum absolute atomic E-state index is 0.0624. The lowest BCUT2D eigenvalue weighted by Gasteiger charge is -2.10. The summed E-state index contributed by atoms with van der Waals surface area (Å²) in [6.45, 7) is 4.37. The van der Waals surface area contributed by atoms with Crippen molar-refractivity contribution in [3.63, 3.8) is 0 Å². The third kappa shape index (κ3) is 5.11. The number of nitrogens with one attached hydrogen (secondary N) is 1. The Morgan fingerprint density at radius 3 is 2.50 bits per heavy atom. The van der Waals surface area contributed by atoms with Gasteiger partial charge in [0.1, 0.15) is 17.1 Å².